The molecule has 0 aliphatic heterocycles. The van der Waals surface area contributed by atoms with Gasteiger partial charge in [-0.2, -0.15) is 0 Å². The summed E-state index contributed by atoms with van der Waals surface area (Å²) in [4.78, 5) is 25.7. The van der Waals surface area contributed by atoms with Crippen LogP contribution in [-0.4, -0.2) is 30.0 Å². The lowest BCUT2D eigenvalue weighted by Gasteiger charge is -2.06. The van der Waals surface area contributed by atoms with Crippen molar-refractivity contribution in [2.45, 2.75) is 0 Å². The van der Waals surface area contributed by atoms with Crippen molar-refractivity contribution in [2.75, 3.05) is 18.8 Å². The third-order valence-corrected chi connectivity index (χ3v) is 1.98. The third kappa shape index (κ3) is 4.56. The van der Waals surface area contributed by atoms with Gasteiger partial charge < -0.3 is 22.1 Å². The molecule has 0 radical (unpaired) electrons. The average molecular weight is 258 g/mol. The van der Waals surface area contributed by atoms with Crippen LogP contribution in [0.3, 0.4) is 0 Å². The minimum Gasteiger partial charge on any atom is -0.384 e. The number of hydrogen-bond acceptors (Lipinski definition) is 4. The van der Waals surface area contributed by atoms with Gasteiger partial charge in [-0.05, 0) is 12.1 Å². The minimum atomic E-state index is -0.643. The molecule has 1 aromatic rings. The van der Waals surface area contributed by atoms with E-state index in [0.717, 1.165) is 0 Å². The smallest absolute Gasteiger partial charge is 0.312 e. The van der Waals surface area contributed by atoms with E-state index in [4.69, 9.17) is 23.1 Å². The Bertz CT molecular complexity index is 417. The van der Waals surface area contributed by atoms with E-state index in [1.165, 1.54) is 12.1 Å². The number of primary amides is 1. The number of nitrogen functional groups attached to an aromatic ring is 1. The number of aromatic nitrogens is 1. The molecule has 0 atom stereocenters. The second-order valence-electron chi connectivity index (χ2n) is 3.15. The minimum absolute atomic E-state index is 0.144. The van der Waals surface area contributed by atoms with Gasteiger partial charge in [0.15, 0.2) is 0 Å². The van der Waals surface area contributed by atoms with E-state index >= 15 is 0 Å². The first-order chi connectivity index (χ1) is 7.99. The van der Waals surface area contributed by atoms with Crippen LogP contribution in [0.4, 0.5) is 10.6 Å². The Kier molecular flexibility index (Phi) is 4.53. The summed E-state index contributed by atoms with van der Waals surface area (Å²) in [6, 6.07) is 2.16. The first-order valence-corrected chi connectivity index (χ1v) is 5.11. The number of hydrogen-bond donors (Lipinski definition) is 4. The Morgan fingerprint density at radius 1 is 1.29 bits per heavy atom. The van der Waals surface area contributed by atoms with Crippen LogP contribution in [0.2, 0.25) is 5.15 Å². The molecule has 0 fully saturated rings. The quantitative estimate of drug-likeness (QED) is 0.437. The Hall–Kier alpha value is -2.02. The fraction of sp³-hybridized carbons (Fsp3) is 0.222. The highest BCUT2D eigenvalue weighted by atomic mass is 35.5. The zero-order valence-electron chi connectivity index (χ0n) is 8.87. The highest BCUT2D eigenvalue weighted by molar-refractivity contribution is 6.29. The van der Waals surface area contributed by atoms with Gasteiger partial charge in [0.25, 0.3) is 5.91 Å². The van der Waals surface area contributed by atoms with Crippen LogP contribution in [0.5, 0.6) is 0 Å². The Morgan fingerprint density at radius 2 is 1.94 bits per heavy atom. The largest absolute Gasteiger partial charge is 0.384 e. The van der Waals surface area contributed by atoms with Gasteiger partial charge in [0, 0.05) is 18.7 Å². The molecule has 17 heavy (non-hydrogen) atoms. The summed E-state index contributed by atoms with van der Waals surface area (Å²) in [5.74, 6) is -0.190. The van der Waals surface area contributed by atoms with Crippen LogP contribution >= 0.6 is 11.6 Å². The Labute approximate surface area is 103 Å². The molecule has 0 spiro atoms. The number of carbonyl (C=O) groups is 2. The molecule has 7 nitrogen and oxygen atoms in total. The molecule has 0 saturated heterocycles. The van der Waals surface area contributed by atoms with E-state index in [9.17, 15) is 9.59 Å². The molecule has 0 unspecified atom stereocenters. The summed E-state index contributed by atoms with van der Waals surface area (Å²) >= 11 is 5.65. The number of halogens is 1. The second kappa shape index (κ2) is 5.90. The summed E-state index contributed by atoms with van der Waals surface area (Å²) < 4.78 is 0. The lowest BCUT2D eigenvalue weighted by atomic mass is 10.2. The molecule has 1 heterocycles. The number of nitrogens with two attached hydrogens (primary N) is 2. The number of amides is 3. The monoisotopic (exact) mass is 257 g/mol. The summed E-state index contributed by atoms with van der Waals surface area (Å²) in [5, 5.41) is 5.04. The molecule has 0 bridgehead atoms. The number of rotatable bonds is 4. The van der Waals surface area contributed by atoms with Crippen molar-refractivity contribution < 1.29 is 9.59 Å². The van der Waals surface area contributed by atoms with Crippen LogP contribution < -0.4 is 22.1 Å². The van der Waals surface area contributed by atoms with Gasteiger partial charge in [-0.1, -0.05) is 11.6 Å². The molecule has 0 saturated carbocycles. The van der Waals surface area contributed by atoms with Crippen molar-refractivity contribution in [1.82, 2.24) is 15.6 Å². The van der Waals surface area contributed by atoms with Crippen molar-refractivity contribution in [1.29, 1.82) is 0 Å². The molecule has 8 heteroatoms. The summed E-state index contributed by atoms with van der Waals surface area (Å²) in [5.41, 5.74) is 10.6. The molecule has 1 aromatic heterocycles. The van der Waals surface area contributed by atoms with E-state index < -0.39 is 6.03 Å². The normalized spacial score (nSPS) is 9.71. The van der Waals surface area contributed by atoms with Crippen molar-refractivity contribution in [3.8, 4) is 0 Å². The number of nitrogens with one attached hydrogen (secondary N) is 2. The maximum absolute atomic E-state index is 11.6. The molecule has 6 N–H and O–H groups in total. The van der Waals surface area contributed by atoms with Gasteiger partial charge in [-0.3, -0.25) is 4.79 Å². The topological polar surface area (TPSA) is 123 Å². The second-order valence-corrected chi connectivity index (χ2v) is 3.54. The predicted molar refractivity (Wildman–Crippen MR) is 63.6 cm³/mol. The number of pyridine rings is 1. The molecule has 3 amide bonds. The Morgan fingerprint density at radius 3 is 2.53 bits per heavy atom. The molecular formula is C9H12ClN5O2. The zero-order chi connectivity index (χ0) is 12.8. The van der Waals surface area contributed by atoms with E-state index in [0.29, 0.717) is 5.56 Å². The van der Waals surface area contributed by atoms with Gasteiger partial charge in [-0.25, -0.2) is 9.78 Å². The van der Waals surface area contributed by atoms with Gasteiger partial charge in [-0.15, -0.1) is 0 Å². The lowest BCUT2D eigenvalue weighted by Crippen LogP contribution is -2.37. The van der Waals surface area contributed by atoms with Crippen molar-refractivity contribution in [3.63, 3.8) is 0 Å². The standard InChI is InChI=1S/C9H12ClN5O2/c10-6-3-5(4-7(11)15-6)8(16)13-1-2-14-9(12)17/h3-4H,1-2H2,(H2,11,15)(H,13,16)(H3,12,14,17). The van der Waals surface area contributed by atoms with Gasteiger partial charge in [0.2, 0.25) is 0 Å². The van der Waals surface area contributed by atoms with Crippen molar-refractivity contribution in [2.24, 2.45) is 5.73 Å². The van der Waals surface area contributed by atoms with E-state index in [1.807, 2.05) is 0 Å². The first kappa shape index (κ1) is 13.0. The van der Waals surface area contributed by atoms with E-state index in [1.54, 1.807) is 0 Å². The predicted octanol–water partition coefficient (Wildman–Crippen LogP) is -0.285. The summed E-state index contributed by atoms with van der Waals surface area (Å²) in [6.07, 6.45) is 0. The SMILES string of the molecule is NC(=O)NCCNC(=O)c1cc(N)nc(Cl)c1. The van der Waals surface area contributed by atoms with Crippen LogP contribution in [0.15, 0.2) is 12.1 Å². The van der Waals surface area contributed by atoms with Gasteiger partial charge in [0.05, 0.1) is 0 Å². The van der Waals surface area contributed by atoms with Crippen LogP contribution in [0, 0.1) is 0 Å². The molecule has 0 aromatic carbocycles. The number of anilines is 1. The molecule has 0 aliphatic carbocycles. The fourth-order valence-electron chi connectivity index (χ4n) is 1.11. The lowest BCUT2D eigenvalue weighted by molar-refractivity contribution is 0.0954. The maximum Gasteiger partial charge on any atom is 0.312 e. The zero-order valence-corrected chi connectivity index (χ0v) is 9.62. The van der Waals surface area contributed by atoms with Gasteiger partial charge >= 0.3 is 6.03 Å². The summed E-state index contributed by atoms with van der Waals surface area (Å²) in [6.45, 7) is 0.497. The highest BCUT2D eigenvalue weighted by Crippen LogP contribution is 2.11. The molecule has 0 aliphatic rings. The van der Waals surface area contributed by atoms with Crippen molar-refractivity contribution >= 4 is 29.4 Å². The average Bonchev–Trinajstić information content (AvgIpc) is 2.22. The van der Waals surface area contributed by atoms with E-state index in [2.05, 4.69) is 15.6 Å². The molecule has 1 rings (SSSR count). The number of nitrogens with zero attached hydrogens (tertiary/aromatic N) is 1. The molecular weight excluding hydrogens is 246 g/mol. The number of urea groups is 1. The fourth-order valence-corrected chi connectivity index (χ4v) is 1.33. The van der Waals surface area contributed by atoms with Crippen LogP contribution in [-0.2, 0) is 0 Å². The summed E-state index contributed by atoms with van der Waals surface area (Å²) in [7, 11) is 0. The van der Waals surface area contributed by atoms with Crippen molar-refractivity contribution in [3.05, 3.63) is 22.8 Å². The number of carbonyl (C=O) groups excluding carboxylic acids is 2. The van der Waals surface area contributed by atoms with Crippen LogP contribution in [0.25, 0.3) is 0 Å². The first-order valence-electron chi connectivity index (χ1n) is 4.73. The highest BCUT2D eigenvalue weighted by Gasteiger charge is 2.07. The van der Waals surface area contributed by atoms with Gasteiger partial charge in [0.1, 0.15) is 11.0 Å². The molecule has 92 valence electrons. The Balaban J connectivity index is 2.49. The van der Waals surface area contributed by atoms with Crippen LogP contribution in [0.1, 0.15) is 10.4 Å². The van der Waals surface area contributed by atoms with E-state index in [-0.39, 0.29) is 30.0 Å². The third-order valence-electron chi connectivity index (χ3n) is 1.79. The maximum atomic E-state index is 11.6.